The predicted molar refractivity (Wildman–Crippen MR) is 102 cm³/mol. The van der Waals surface area contributed by atoms with E-state index in [0.717, 1.165) is 5.65 Å². The van der Waals surface area contributed by atoms with E-state index in [2.05, 4.69) is 15.6 Å². The number of anilines is 1. The minimum atomic E-state index is -0.364. The van der Waals surface area contributed by atoms with Gasteiger partial charge in [0.05, 0.1) is 18.9 Å². The van der Waals surface area contributed by atoms with Crippen molar-refractivity contribution >= 4 is 23.3 Å². The number of fused-ring (bicyclic) bond motifs is 1. The number of hydrogen-bond acceptors (Lipinski definition) is 5. The topological polar surface area (TPSA) is 111 Å². The van der Waals surface area contributed by atoms with E-state index >= 15 is 0 Å². The van der Waals surface area contributed by atoms with Crippen molar-refractivity contribution in [3.05, 3.63) is 59.9 Å². The number of benzene rings is 1. The molecule has 0 fully saturated rings. The number of nitrogens with zero attached hydrogens (tertiary/aromatic N) is 2. The number of carbonyl (C=O) groups excluding carboxylic acids is 2. The van der Waals surface area contributed by atoms with Crippen LogP contribution in [0.1, 0.15) is 27.1 Å². The summed E-state index contributed by atoms with van der Waals surface area (Å²) in [7, 11) is 1.47. The van der Waals surface area contributed by atoms with Crippen LogP contribution in [0.2, 0.25) is 0 Å². The van der Waals surface area contributed by atoms with Crippen LogP contribution in [0.15, 0.2) is 48.8 Å². The fourth-order valence-corrected chi connectivity index (χ4v) is 2.61. The van der Waals surface area contributed by atoms with Crippen molar-refractivity contribution in [2.45, 2.75) is 6.42 Å². The molecule has 0 saturated carbocycles. The second-order valence-corrected chi connectivity index (χ2v) is 5.86. The molecule has 2 amide bonds. The highest BCUT2D eigenvalue weighted by molar-refractivity contribution is 6.06. The first-order valence-electron chi connectivity index (χ1n) is 8.54. The van der Waals surface area contributed by atoms with Crippen molar-refractivity contribution in [1.29, 1.82) is 0 Å². The Bertz CT molecular complexity index is 934. The third-order valence-electron chi connectivity index (χ3n) is 3.98. The van der Waals surface area contributed by atoms with Gasteiger partial charge in [-0.25, -0.2) is 4.98 Å². The predicted octanol–water partition coefficient (Wildman–Crippen LogP) is 1.67. The molecule has 27 heavy (non-hydrogen) atoms. The lowest BCUT2D eigenvalue weighted by molar-refractivity contribution is 0.0950. The Balaban J connectivity index is 1.79. The zero-order valence-corrected chi connectivity index (χ0v) is 14.9. The SMILES string of the molecule is COc1ccc(C(=O)Nc2cn3ccccc3n2)cc1C(=O)NCCCN. The number of rotatable bonds is 7. The molecular formula is C19H21N5O3. The minimum absolute atomic E-state index is 0.289. The molecule has 3 rings (SSSR count). The Labute approximate surface area is 156 Å². The summed E-state index contributed by atoms with van der Waals surface area (Å²) in [6.45, 7) is 0.940. The lowest BCUT2D eigenvalue weighted by Gasteiger charge is -2.11. The molecule has 2 heterocycles. The third-order valence-corrected chi connectivity index (χ3v) is 3.98. The van der Waals surface area contributed by atoms with Crippen LogP contribution >= 0.6 is 0 Å². The van der Waals surface area contributed by atoms with Crippen LogP contribution in [0.4, 0.5) is 5.82 Å². The summed E-state index contributed by atoms with van der Waals surface area (Å²) in [6, 6.07) is 10.3. The van der Waals surface area contributed by atoms with Crippen molar-refractivity contribution in [3.63, 3.8) is 0 Å². The molecule has 0 spiro atoms. The van der Waals surface area contributed by atoms with Gasteiger partial charge in [0.15, 0.2) is 5.82 Å². The second-order valence-electron chi connectivity index (χ2n) is 5.86. The number of nitrogens with one attached hydrogen (secondary N) is 2. The van der Waals surface area contributed by atoms with Crippen LogP contribution in [-0.4, -0.2) is 41.4 Å². The Hall–Kier alpha value is -3.39. The Morgan fingerprint density at radius 3 is 2.81 bits per heavy atom. The smallest absolute Gasteiger partial charge is 0.256 e. The summed E-state index contributed by atoms with van der Waals surface area (Å²) < 4.78 is 7.04. The monoisotopic (exact) mass is 367 g/mol. The Morgan fingerprint density at radius 2 is 2.07 bits per heavy atom. The van der Waals surface area contributed by atoms with Crippen molar-refractivity contribution in [2.75, 3.05) is 25.5 Å². The molecule has 4 N–H and O–H groups in total. The number of amides is 2. The molecule has 140 valence electrons. The van der Waals surface area contributed by atoms with Gasteiger partial charge >= 0.3 is 0 Å². The number of pyridine rings is 1. The summed E-state index contributed by atoms with van der Waals surface area (Å²) in [5.41, 5.74) is 6.78. The van der Waals surface area contributed by atoms with E-state index in [0.29, 0.717) is 36.6 Å². The molecule has 8 heteroatoms. The van der Waals surface area contributed by atoms with Crippen molar-refractivity contribution in [2.24, 2.45) is 5.73 Å². The average molecular weight is 367 g/mol. The standard InChI is InChI=1S/C19H21N5O3/c1-27-15-7-6-13(11-14(15)19(26)21-9-4-8-20)18(25)23-16-12-24-10-3-2-5-17(24)22-16/h2-3,5-7,10-12H,4,8-9,20H2,1H3,(H,21,26)(H,23,25). The van der Waals surface area contributed by atoms with Crippen LogP contribution in [0.25, 0.3) is 5.65 Å². The Kier molecular flexibility index (Phi) is 5.68. The fourth-order valence-electron chi connectivity index (χ4n) is 2.61. The molecule has 0 atom stereocenters. The highest BCUT2D eigenvalue weighted by Crippen LogP contribution is 2.21. The van der Waals surface area contributed by atoms with Gasteiger partial charge in [-0.05, 0) is 43.3 Å². The van der Waals surface area contributed by atoms with E-state index < -0.39 is 0 Å². The largest absolute Gasteiger partial charge is 0.496 e. The highest BCUT2D eigenvalue weighted by atomic mass is 16.5. The molecular weight excluding hydrogens is 346 g/mol. The van der Waals surface area contributed by atoms with Crippen molar-refractivity contribution < 1.29 is 14.3 Å². The van der Waals surface area contributed by atoms with Gasteiger partial charge in [0.2, 0.25) is 0 Å². The number of methoxy groups -OCH3 is 1. The Morgan fingerprint density at radius 1 is 1.22 bits per heavy atom. The summed E-state index contributed by atoms with van der Waals surface area (Å²) in [5.74, 6) is 0.139. The highest BCUT2D eigenvalue weighted by Gasteiger charge is 2.16. The van der Waals surface area contributed by atoms with Crippen LogP contribution in [0.3, 0.4) is 0 Å². The third kappa shape index (κ3) is 4.24. The average Bonchev–Trinajstić information content (AvgIpc) is 3.09. The van der Waals surface area contributed by atoms with Crippen LogP contribution in [0, 0.1) is 0 Å². The van der Waals surface area contributed by atoms with Gasteiger partial charge in [-0.1, -0.05) is 6.07 Å². The lowest BCUT2D eigenvalue weighted by Crippen LogP contribution is -2.26. The van der Waals surface area contributed by atoms with E-state index in [1.807, 2.05) is 24.4 Å². The van der Waals surface area contributed by atoms with Crippen LogP contribution in [0.5, 0.6) is 5.75 Å². The first-order valence-corrected chi connectivity index (χ1v) is 8.54. The number of hydrogen-bond donors (Lipinski definition) is 3. The molecule has 0 saturated heterocycles. The van der Waals surface area contributed by atoms with Gasteiger partial charge in [0, 0.05) is 18.3 Å². The van der Waals surface area contributed by atoms with Crippen LogP contribution in [-0.2, 0) is 0 Å². The molecule has 0 bridgehead atoms. The van der Waals surface area contributed by atoms with Crippen molar-refractivity contribution in [1.82, 2.24) is 14.7 Å². The zero-order valence-electron chi connectivity index (χ0n) is 14.9. The first-order chi connectivity index (χ1) is 13.1. The van der Waals surface area contributed by atoms with E-state index in [-0.39, 0.29) is 17.4 Å². The van der Waals surface area contributed by atoms with Crippen LogP contribution < -0.4 is 21.1 Å². The molecule has 3 aromatic rings. The number of aromatic nitrogens is 2. The normalized spacial score (nSPS) is 10.6. The molecule has 1 aromatic carbocycles. The summed E-state index contributed by atoms with van der Waals surface area (Å²) in [5, 5.41) is 5.51. The maximum Gasteiger partial charge on any atom is 0.256 e. The number of carbonyl (C=O) groups is 2. The number of imidazole rings is 1. The number of nitrogens with two attached hydrogens (primary N) is 1. The molecule has 2 aromatic heterocycles. The second kappa shape index (κ2) is 8.33. The molecule has 8 nitrogen and oxygen atoms in total. The van der Waals surface area contributed by atoms with E-state index in [1.54, 1.807) is 22.7 Å². The minimum Gasteiger partial charge on any atom is -0.496 e. The van der Waals surface area contributed by atoms with Gasteiger partial charge in [-0.3, -0.25) is 9.59 Å². The van der Waals surface area contributed by atoms with Gasteiger partial charge in [0.1, 0.15) is 11.4 Å². The lowest BCUT2D eigenvalue weighted by atomic mass is 10.1. The summed E-state index contributed by atoms with van der Waals surface area (Å²) in [4.78, 5) is 29.3. The molecule has 0 unspecified atom stereocenters. The fraction of sp³-hybridized carbons (Fsp3) is 0.211. The van der Waals surface area contributed by atoms with Gasteiger partial charge in [-0.15, -0.1) is 0 Å². The van der Waals surface area contributed by atoms with Gasteiger partial charge < -0.3 is 25.5 Å². The van der Waals surface area contributed by atoms with Crippen molar-refractivity contribution in [3.8, 4) is 5.75 Å². The number of ether oxygens (including phenoxy) is 1. The quantitative estimate of drug-likeness (QED) is 0.550. The molecule has 0 aliphatic rings. The van der Waals surface area contributed by atoms with E-state index in [4.69, 9.17) is 10.5 Å². The molecule has 0 radical (unpaired) electrons. The van der Waals surface area contributed by atoms with E-state index in [9.17, 15) is 9.59 Å². The zero-order chi connectivity index (χ0) is 19.2. The van der Waals surface area contributed by atoms with E-state index in [1.165, 1.54) is 13.2 Å². The summed E-state index contributed by atoms with van der Waals surface area (Å²) in [6.07, 6.45) is 4.23. The van der Waals surface area contributed by atoms with Gasteiger partial charge in [-0.2, -0.15) is 0 Å². The maximum atomic E-state index is 12.6. The maximum absolute atomic E-state index is 12.6. The first kappa shape index (κ1) is 18.4. The summed E-state index contributed by atoms with van der Waals surface area (Å²) >= 11 is 0. The molecule has 0 aliphatic carbocycles. The van der Waals surface area contributed by atoms with Gasteiger partial charge in [0.25, 0.3) is 11.8 Å². The molecule has 0 aliphatic heterocycles.